The van der Waals surface area contributed by atoms with Crippen LogP contribution in [0.1, 0.15) is 19.3 Å². The van der Waals surface area contributed by atoms with Crippen molar-refractivity contribution in [3.05, 3.63) is 0 Å². The molecule has 0 saturated carbocycles. The zero-order valence-electron chi connectivity index (χ0n) is 9.87. The van der Waals surface area contributed by atoms with Gasteiger partial charge in [0, 0.05) is 19.1 Å². The second kappa shape index (κ2) is 6.38. The van der Waals surface area contributed by atoms with E-state index in [9.17, 15) is 0 Å². The molecule has 0 bridgehead atoms. The molecule has 14 heavy (non-hydrogen) atoms. The number of nitrogens with zero attached hydrogens (tertiary/aromatic N) is 3. The minimum atomic E-state index is 0.787. The Bertz CT molecular complexity index is 141. The van der Waals surface area contributed by atoms with E-state index in [4.69, 9.17) is 0 Å². The molecule has 1 radical (unpaired) electrons. The van der Waals surface area contributed by atoms with Gasteiger partial charge in [0.1, 0.15) is 0 Å². The van der Waals surface area contributed by atoms with Crippen LogP contribution in [0.3, 0.4) is 0 Å². The molecule has 0 N–H and O–H groups in total. The molecule has 0 unspecified atom stereocenters. The predicted molar refractivity (Wildman–Crippen MR) is 60.7 cm³/mol. The molecular formula is C11H24N3. The molecular weight excluding hydrogens is 174 g/mol. The van der Waals surface area contributed by atoms with Crippen LogP contribution in [0.5, 0.6) is 0 Å². The summed E-state index contributed by atoms with van der Waals surface area (Å²) in [5, 5.41) is 4.38. The second-order valence-corrected chi connectivity index (χ2v) is 4.54. The standard InChI is InChI=1S/C11H24N3/c1-13(2)9-4-10-14(3)11-5-7-12-8-6-11/h11H,4-10H2,1-3H3. The lowest BCUT2D eigenvalue weighted by Crippen LogP contribution is -2.39. The van der Waals surface area contributed by atoms with Crippen molar-refractivity contribution in [1.82, 2.24) is 15.1 Å². The molecule has 1 aliphatic rings. The first kappa shape index (κ1) is 12.0. The van der Waals surface area contributed by atoms with Crippen molar-refractivity contribution < 1.29 is 0 Å². The van der Waals surface area contributed by atoms with E-state index in [1.54, 1.807) is 0 Å². The van der Waals surface area contributed by atoms with Crippen LogP contribution in [-0.2, 0) is 0 Å². The van der Waals surface area contributed by atoms with Gasteiger partial charge in [0.25, 0.3) is 0 Å². The molecule has 1 rings (SSSR count). The Morgan fingerprint density at radius 2 is 1.71 bits per heavy atom. The zero-order chi connectivity index (χ0) is 10.4. The van der Waals surface area contributed by atoms with Crippen LogP contribution in [0.4, 0.5) is 0 Å². The SMILES string of the molecule is CN(C)CCCN(C)C1CC[N]CC1. The van der Waals surface area contributed by atoms with Crippen molar-refractivity contribution in [1.29, 1.82) is 0 Å². The Labute approximate surface area is 88.5 Å². The second-order valence-electron chi connectivity index (χ2n) is 4.54. The van der Waals surface area contributed by atoms with Gasteiger partial charge in [-0.1, -0.05) is 0 Å². The smallest absolute Gasteiger partial charge is 0.0148 e. The van der Waals surface area contributed by atoms with E-state index >= 15 is 0 Å². The summed E-state index contributed by atoms with van der Waals surface area (Å²) in [6, 6.07) is 0.787. The first-order valence-electron chi connectivity index (χ1n) is 5.68. The molecule has 0 atom stereocenters. The fourth-order valence-electron chi connectivity index (χ4n) is 2.00. The van der Waals surface area contributed by atoms with Crippen LogP contribution in [0.2, 0.25) is 0 Å². The molecule has 83 valence electrons. The molecule has 0 aromatic rings. The van der Waals surface area contributed by atoms with Gasteiger partial charge in [-0.25, -0.2) is 5.32 Å². The number of hydrogen-bond acceptors (Lipinski definition) is 2. The normalized spacial score (nSPS) is 19.5. The molecule has 3 heteroatoms. The molecule has 0 aromatic carbocycles. The Morgan fingerprint density at radius 3 is 2.29 bits per heavy atom. The van der Waals surface area contributed by atoms with E-state index in [-0.39, 0.29) is 0 Å². The number of hydrogen-bond donors (Lipinski definition) is 0. The topological polar surface area (TPSA) is 20.6 Å². The van der Waals surface area contributed by atoms with Gasteiger partial charge in [0.2, 0.25) is 0 Å². The van der Waals surface area contributed by atoms with Crippen molar-refractivity contribution in [2.45, 2.75) is 25.3 Å². The summed E-state index contributed by atoms with van der Waals surface area (Å²) in [4.78, 5) is 4.77. The lowest BCUT2D eigenvalue weighted by Gasteiger charge is -2.31. The van der Waals surface area contributed by atoms with E-state index in [0.29, 0.717) is 0 Å². The highest BCUT2D eigenvalue weighted by Crippen LogP contribution is 2.10. The average molecular weight is 198 g/mol. The number of piperidine rings is 1. The van der Waals surface area contributed by atoms with Gasteiger partial charge >= 0.3 is 0 Å². The maximum atomic E-state index is 4.38. The third kappa shape index (κ3) is 4.40. The van der Waals surface area contributed by atoms with Crippen molar-refractivity contribution in [3.63, 3.8) is 0 Å². The fourth-order valence-corrected chi connectivity index (χ4v) is 2.00. The van der Waals surface area contributed by atoms with E-state index in [1.807, 2.05) is 0 Å². The van der Waals surface area contributed by atoms with Crippen LogP contribution in [0.25, 0.3) is 0 Å². The van der Waals surface area contributed by atoms with Gasteiger partial charge in [-0.2, -0.15) is 0 Å². The summed E-state index contributed by atoms with van der Waals surface area (Å²) in [5.74, 6) is 0. The maximum absolute atomic E-state index is 4.38. The van der Waals surface area contributed by atoms with Crippen LogP contribution in [-0.4, -0.2) is 63.2 Å². The Kier molecular flexibility index (Phi) is 5.45. The maximum Gasteiger partial charge on any atom is 0.0148 e. The summed E-state index contributed by atoms with van der Waals surface area (Å²) < 4.78 is 0. The molecule has 0 spiro atoms. The van der Waals surface area contributed by atoms with Crippen LogP contribution in [0, 0.1) is 0 Å². The predicted octanol–water partition coefficient (Wildman–Crippen LogP) is 0.637. The Balaban J connectivity index is 2.10. The summed E-state index contributed by atoms with van der Waals surface area (Å²) in [5.41, 5.74) is 0. The van der Waals surface area contributed by atoms with Crippen LogP contribution in [0.15, 0.2) is 0 Å². The quantitative estimate of drug-likeness (QED) is 0.646. The van der Waals surface area contributed by atoms with Gasteiger partial charge in [0.15, 0.2) is 0 Å². The van der Waals surface area contributed by atoms with Gasteiger partial charge in [0.05, 0.1) is 0 Å². The third-order valence-corrected chi connectivity index (χ3v) is 2.98. The fraction of sp³-hybridized carbons (Fsp3) is 1.00. The summed E-state index contributed by atoms with van der Waals surface area (Å²) >= 11 is 0. The zero-order valence-corrected chi connectivity index (χ0v) is 9.87. The van der Waals surface area contributed by atoms with Crippen molar-refractivity contribution >= 4 is 0 Å². The average Bonchev–Trinajstić information content (AvgIpc) is 2.18. The first-order chi connectivity index (χ1) is 6.70. The lowest BCUT2D eigenvalue weighted by atomic mass is 10.1. The number of rotatable bonds is 5. The van der Waals surface area contributed by atoms with Crippen LogP contribution >= 0.6 is 0 Å². The highest BCUT2D eigenvalue weighted by molar-refractivity contribution is 4.75. The molecule has 1 fully saturated rings. The monoisotopic (exact) mass is 198 g/mol. The van der Waals surface area contributed by atoms with Crippen molar-refractivity contribution in [3.8, 4) is 0 Å². The van der Waals surface area contributed by atoms with Gasteiger partial charge in [-0.05, 0) is 53.5 Å². The van der Waals surface area contributed by atoms with Gasteiger partial charge in [-0.15, -0.1) is 0 Å². The largest absolute Gasteiger partial charge is 0.309 e. The third-order valence-electron chi connectivity index (χ3n) is 2.98. The highest BCUT2D eigenvalue weighted by atomic mass is 15.1. The molecule has 0 amide bonds. The van der Waals surface area contributed by atoms with Crippen molar-refractivity contribution in [2.24, 2.45) is 0 Å². The molecule has 3 nitrogen and oxygen atoms in total. The molecule has 1 heterocycles. The van der Waals surface area contributed by atoms with E-state index in [1.165, 1.54) is 32.4 Å². The van der Waals surface area contributed by atoms with Gasteiger partial charge < -0.3 is 9.80 Å². The Hall–Kier alpha value is -0.120. The molecule has 0 aliphatic carbocycles. The minimum absolute atomic E-state index is 0.787. The van der Waals surface area contributed by atoms with Gasteiger partial charge in [-0.3, -0.25) is 0 Å². The summed E-state index contributed by atoms with van der Waals surface area (Å²) in [7, 11) is 6.53. The van der Waals surface area contributed by atoms with Crippen molar-refractivity contribution in [2.75, 3.05) is 47.3 Å². The van der Waals surface area contributed by atoms with Crippen LogP contribution < -0.4 is 5.32 Å². The molecule has 1 aliphatic heterocycles. The summed E-state index contributed by atoms with van der Waals surface area (Å²) in [6.45, 7) is 4.57. The first-order valence-corrected chi connectivity index (χ1v) is 5.68. The Morgan fingerprint density at radius 1 is 1.07 bits per heavy atom. The van der Waals surface area contributed by atoms with E-state index in [2.05, 4.69) is 36.3 Å². The lowest BCUT2D eigenvalue weighted by molar-refractivity contribution is 0.190. The van der Waals surface area contributed by atoms with E-state index < -0.39 is 0 Å². The molecule has 0 aromatic heterocycles. The highest BCUT2D eigenvalue weighted by Gasteiger charge is 2.17. The molecule has 1 saturated heterocycles. The van der Waals surface area contributed by atoms with E-state index in [0.717, 1.165) is 19.1 Å². The summed E-state index contributed by atoms with van der Waals surface area (Å²) in [6.07, 6.45) is 3.80. The minimum Gasteiger partial charge on any atom is -0.309 e.